The minimum Gasteiger partial charge on any atom is -0.354 e. The lowest BCUT2D eigenvalue weighted by atomic mass is 9.99. The van der Waals surface area contributed by atoms with Crippen molar-refractivity contribution >= 4 is 21.7 Å². The number of rotatable bonds is 6. The molecule has 0 saturated carbocycles. The van der Waals surface area contributed by atoms with Gasteiger partial charge in [0.1, 0.15) is 0 Å². The van der Waals surface area contributed by atoms with Crippen LogP contribution in [-0.2, 0) is 14.8 Å². The van der Waals surface area contributed by atoms with Gasteiger partial charge in [-0.1, -0.05) is 12.1 Å². The second-order valence-corrected chi connectivity index (χ2v) is 9.29. The molecule has 3 rings (SSSR count). The maximum absolute atomic E-state index is 13.0. The highest BCUT2D eigenvalue weighted by atomic mass is 32.2. The molecular formula is C19H27N3O4S. The van der Waals surface area contributed by atoms with Crippen LogP contribution in [0.3, 0.4) is 0 Å². The van der Waals surface area contributed by atoms with Crippen LogP contribution in [0.2, 0.25) is 0 Å². The number of piperidine rings is 1. The second kappa shape index (κ2) is 8.50. The molecule has 0 spiro atoms. The summed E-state index contributed by atoms with van der Waals surface area (Å²) in [4.78, 5) is 23.9. The number of hydrogen-bond acceptors (Lipinski definition) is 5. The fraction of sp³-hybridized carbons (Fsp3) is 0.579. The summed E-state index contributed by atoms with van der Waals surface area (Å²) >= 11 is 0. The Labute approximate surface area is 160 Å². The lowest BCUT2D eigenvalue weighted by molar-refractivity contribution is -0.123. The van der Waals surface area contributed by atoms with Gasteiger partial charge in [-0.3, -0.25) is 9.59 Å². The monoisotopic (exact) mass is 393 g/mol. The fourth-order valence-corrected chi connectivity index (χ4v) is 5.31. The van der Waals surface area contributed by atoms with E-state index in [0.717, 1.165) is 32.2 Å². The number of ketones is 1. The first-order valence-corrected chi connectivity index (χ1v) is 10.9. The number of nitrogens with zero attached hydrogens (tertiary/aromatic N) is 1. The van der Waals surface area contributed by atoms with Crippen molar-refractivity contribution in [1.29, 1.82) is 0 Å². The summed E-state index contributed by atoms with van der Waals surface area (Å²) in [7, 11) is -3.65. The average Bonchev–Trinajstić information content (AvgIpc) is 3.21. The molecule has 0 aliphatic carbocycles. The van der Waals surface area contributed by atoms with Crippen LogP contribution >= 0.6 is 0 Å². The first-order valence-electron chi connectivity index (χ1n) is 9.50. The van der Waals surface area contributed by atoms with E-state index in [9.17, 15) is 18.0 Å². The van der Waals surface area contributed by atoms with E-state index in [2.05, 4.69) is 10.6 Å². The summed E-state index contributed by atoms with van der Waals surface area (Å²) in [5.41, 5.74) is 0.390. The molecule has 2 unspecified atom stereocenters. The van der Waals surface area contributed by atoms with Gasteiger partial charge in [-0.15, -0.1) is 0 Å². The number of sulfonamides is 1. The number of benzene rings is 1. The van der Waals surface area contributed by atoms with Gasteiger partial charge < -0.3 is 10.6 Å². The predicted octanol–water partition coefficient (Wildman–Crippen LogP) is 1.16. The van der Waals surface area contributed by atoms with Crippen molar-refractivity contribution in [3.05, 3.63) is 29.8 Å². The highest BCUT2D eigenvalue weighted by Gasteiger charge is 2.31. The van der Waals surface area contributed by atoms with Crippen molar-refractivity contribution in [1.82, 2.24) is 14.9 Å². The van der Waals surface area contributed by atoms with Crippen LogP contribution < -0.4 is 10.6 Å². The van der Waals surface area contributed by atoms with Crippen LogP contribution in [0.4, 0.5) is 0 Å². The average molecular weight is 394 g/mol. The molecule has 2 fully saturated rings. The second-order valence-electron chi connectivity index (χ2n) is 7.35. The zero-order valence-corrected chi connectivity index (χ0v) is 16.4. The SMILES string of the molecule is CC(=O)c1cccc(S(=O)(=O)N2CCCC(CNC(=O)C3CCCN3)C2)c1. The van der Waals surface area contributed by atoms with E-state index in [0.29, 0.717) is 25.2 Å². The Morgan fingerprint density at radius 2 is 2.07 bits per heavy atom. The van der Waals surface area contributed by atoms with Gasteiger partial charge in [0.25, 0.3) is 0 Å². The van der Waals surface area contributed by atoms with Crippen molar-refractivity contribution in [2.24, 2.45) is 5.92 Å². The Morgan fingerprint density at radius 1 is 1.26 bits per heavy atom. The lowest BCUT2D eigenvalue weighted by Crippen LogP contribution is -2.46. The molecule has 0 radical (unpaired) electrons. The summed E-state index contributed by atoms with van der Waals surface area (Å²) in [6.45, 7) is 3.61. The molecule has 2 atom stereocenters. The first kappa shape index (κ1) is 20.0. The topological polar surface area (TPSA) is 95.6 Å². The van der Waals surface area contributed by atoms with Crippen LogP contribution in [0.15, 0.2) is 29.2 Å². The summed E-state index contributed by atoms with van der Waals surface area (Å²) in [5.74, 6) is -0.0664. The molecule has 8 heteroatoms. The molecule has 1 aromatic carbocycles. The zero-order chi connectivity index (χ0) is 19.4. The van der Waals surface area contributed by atoms with E-state index in [1.54, 1.807) is 12.1 Å². The van der Waals surface area contributed by atoms with E-state index < -0.39 is 10.0 Å². The standard InChI is InChI=1S/C19H27N3O4S/c1-14(23)16-6-2-7-17(11-16)27(25,26)22-10-4-5-15(13-22)12-21-19(24)18-8-3-9-20-18/h2,6-7,11,15,18,20H,3-5,8-10,12-13H2,1H3,(H,21,24). The molecule has 2 aliphatic heterocycles. The molecule has 1 aromatic rings. The third-order valence-corrected chi connectivity index (χ3v) is 7.16. The zero-order valence-electron chi connectivity index (χ0n) is 15.6. The van der Waals surface area contributed by atoms with Gasteiger partial charge in [0.2, 0.25) is 15.9 Å². The third-order valence-electron chi connectivity index (χ3n) is 5.30. The van der Waals surface area contributed by atoms with Gasteiger partial charge in [-0.2, -0.15) is 4.31 Å². The summed E-state index contributed by atoms with van der Waals surface area (Å²) in [6, 6.07) is 6.06. The Morgan fingerprint density at radius 3 is 2.78 bits per heavy atom. The van der Waals surface area contributed by atoms with Crippen LogP contribution in [0, 0.1) is 5.92 Å². The van der Waals surface area contributed by atoms with Gasteiger partial charge in [-0.25, -0.2) is 8.42 Å². The molecule has 0 bridgehead atoms. The van der Waals surface area contributed by atoms with Crippen molar-refractivity contribution in [3.8, 4) is 0 Å². The number of amides is 1. The predicted molar refractivity (Wildman–Crippen MR) is 102 cm³/mol. The molecule has 2 saturated heterocycles. The normalized spacial score (nSPS) is 23.9. The van der Waals surface area contributed by atoms with Crippen molar-refractivity contribution in [2.75, 3.05) is 26.2 Å². The molecule has 2 heterocycles. The molecule has 1 amide bonds. The van der Waals surface area contributed by atoms with Crippen molar-refractivity contribution in [2.45, 2.75) is 43.5 Å². The summed E-state index contributed by atoms with van der Waals surface area (Å²) in [5, 5.41) is 6.13. The van der Waals surface area contributed by atoms with Gasteiger partial charge in [0.15, 0.2) is 5.78 Å². The van der Waals surface area contributed by atoms with Gasteiger partial charge in [0.05, 0.1) is 10.9 Å². The number of Topliss-reactive ketones (excluding diaryl/α,β-unsaturated/α-hetero) is 1. The van der Waals surface area contributed by atoms with E-state index in [1.165, 1.54) is 23.4 Å². The molecule has 148 valence electrons. The van der Waals surface area contributed by atoms with Crippen LogP contribution in [0.25, 0.3) is 0 Å². The Bertz CT molecular complexity index is 803. The third kappa shape index (κ3) is 4.75. The van der Waals surface area contributed by atoms with E-state index in [-0.39, 0.29) is 28.5 Å². The number of carbonyl (C=O) groups is 2. The van der Waals surface area contributed by atoms with Crippen LogP contribution in [0.5, 0.6) is 0 Å². The highest BCUT2D eigenvalue weighted by molar-refractivity contribution is 7.89. The maximum Gasteiger partial charge on any atom is 0.243 e. The van der Waals surface area contributed by atoms with Crippen LogP contribution in [0.1, 0.15) is 43.0 Å². The van der Waals surface area contributed by atoms with Gasteiger partial charge in [-0.05, 0) is 57.2 Å². The first-order chi connectivity index (χ1) is 12.9. The van der Waals surface area contributed by atoms with E-state index in [4.69, 9.17) is 0 Å². The largest absolute Gasteiger partial charge is 0.354 e. The maximum atomic E-state index is 13.0. The summed E-state index contributed by atoms with van der Waals surface area (Å²) in [6.07, 6.45) is 3.50. The smallest absolute Gasteiger partial charge is 0.243 e. The van der Waals surface area contributed by atoms with Crippen LogP contribution in [-0.4, -0.2) is 56.6 Å². The Kier molecular flexibility index (Phi) is 6.29. The number of nitrogens with one attached hydrogen (secondary N) is 2. The van der Waals surface area contributed by atoms with Crippen molar-refractivity contribution < 1.29 is 18.0 Å². The fourth-order valence-electron chi connectivity index (χ4n) is 3.71. The molecule has 7 nitrogen and oxygen atoms in total. The lowest BCUT2D eigenvalue weighted by Gasteiger charge is -2.32. The number of carbonyl (C=O) groups excluding carboxylic acids is 2. The molecular weight excluding hydrogens is 366 g/mol. The molecule has 2 N–H and O–H groups in total. The molecule has 27 heavy (non-hydrogen) atoms. The highest BCUT2D eigenvalue weighted by Crippen LogP contribution is 2.24. The van der Waals surface area contributed by atoms with Crippen molar-refractivity contribution in [3.63, 3.8) is 0 Å². The van der Waals surface area contributed by atoms with Gasteiger partial charge in [0, 0.05) is 25.2 Å². The quantitative estimate of drug-likeness (QED) is 0.707. The van der Waals surface area contributed by atoms with Gasteiger partial charge >= 0.3 is 0 Å². The van der Waals surface area contributed by atoms with E-state index >= 15 is 0 Å². The number of hydrogen-bond donors (Lipinski definition) is 2. The minimum absolute atomic E-state index is 0.00152. The Balaban J connectivity index is 1.63. The summed E-state index contributed by atoms with van der Waals surface area (Å²) < 4.78 is 27.4. The Hall–Kier alpha value is -1.77. The minimum atomic E-state index is -3.65. The molecule has 2 aliphatic rings. The molecule has 0 aromatic heterocycles. The van der Waals surface area contributed by atoms with E-state index in [1.807, 2.05) is 0 Å².